The summed E-state index contributed by atoms with van der Waals surface area (Å²) in [5.41, 5.74) is 1.45. The van der Waals surface area contributed by atoms with E-state index in [0.29, 0.717) is 11.9 Å². The molecule has 1 amide bonds. The van der Waals surface area contributed by atoms with Gasteiger partial charge in [-0.3, -0.25) is 9.59 Å². The van der Waals surface area contributed by atoms with Gasteiger partial charge in [0.2, 0.25) is 5.43 Å². The second-order valence-electron chi connectivity index (χ2n) is 5.10. The van der Waals surface area contributed by atoms with Crippen LogP contribution in [0.1, 0.15) is 21.1 Å². The summed E-state index contributed by atoms with van der Waals surface area (Å²) in [5.74, 6) is -0.308. The summed E-state index contributed by atoms with van der Waals surface area (Å²) >= 11 is 1.54. The molecule has 1 aromatic carbocycles. The van der Waals surface area contributed by atoms with Crippen LogP contribution in [-0.2, 0) is 6.54 Å². The van der Waals surface area contributed by atoms with Gasteiger partial charge in [0.1, 0.15) is 5.56 Å². The minimum Gasteiger partial charge on any atom is -0.360 e. The van der Waals surface area contributed by atoms with E-state index in [9.17, 15) is 9.59 Å². The number of nitrogens with one attached hydrogen (secondary N) is 1. The third-order valence-electron chi connectivity index (χ3n) is 3.43. The predicted octanol–water partition coefficient (Wildman–Crippen LogP) is 2.57. The number of para-hydroxylation sites is 1. The zero-order valence-corrected chi connectivity index (χ0v) is 13.1. The summed E-state index contributed by atoms with van der Waals surface area (Å²) in [5, 5.41) is 3.40. The van der Waals surface area contributed by atoms with E-state index in [1.165, 1.54) is 11.1 Å². The minimum atomic E-state index is -0.308. The van der Waals surface area contributed by atoms with Crippen molar-refractivity contribution in [2.24, 2.45) is 0 Å². The van der Waals surface area contributed by atoms with E-state index < -0.39 is 0 Å². The molecule has 0 aliphatic rings. The van der Waals surface area contributed by atoms with Crippen molar-refractivity contribution < 1.29 is 4.79 Å². The van der Waals surface area contributed by atoms with Crippen LogP contribution in [0.15, 0.2) is 40.6 Å². The molecule has 0 radical (unpaired) electrons. The molecular formula is C16H15N3O2S. The van der Waals surface area contributed by atoms with Gasteiger partial charge in [0, 0.05) is 29.5 Å². The number of thiazole rings is 1. The smallest absolute Gasteiger partial charge is 0.259 e. The van der Waals surface area contributed by atoms with Crippen LogP contribution in [0.25, 0.3) is 10.9 Å². The molecule has 0 aliphatic heterocycles. The number of aromatic amines is 1. The van der Waals surface area contributed by atoms with Crippen LogP contribution in [0.4, 0.5) is 0 Å². The molecule has 0 aliphatic carbocycles. The molecule has 3 rings (SSSR count). The lowest BCUT2D eigenvalue weighted by Gasteiger charge is -2.15. The van der Waals surface area contributed by atoms with Crippen molar-refractivity contribution in [2.75, 3.05) is 7.05 Å². The molecule has 2 heterocycles. The zero-order valence-electron chi connectivity index (χ0n) is 12.3. The molecule has 5 nitrogen and oxygen atoms in total. The molecule has 0 bridgehead atoms. The molecule has 0 atom stereocenters. The first kappa shape index (κ1) is 14.5. The van der Waals surface area contributed by atoms with E-state index in [1.54, 1.807) is 30.5 Å². The van der Waals surface area contributed by atoms with Crippen molar-refractivity contribution in [2.45, 2.75) is 13.5 Å². The van der Waals surface area contributed by atoms with Gasteiger partial charge in [-0.15, -0.1) is 11.3 Å². The van der Waals surface area contributed by atoms with Gasteiger partial charge in [0.05, 0.1) is 17.2 Å². The van der Waals surface area contributed by atoms with Gasteiger partial charge in [-0.05, 0) is 19.1 Å². The van der Waals surface area contributed by atoms with E-state index in [0.717, 1.165) is 16.2 Å². The number of hydrogen-bond acceptors (Lipinski definition) is 4. The van der Waals surface area contributed by atoms with E-state index in [1.807, 2.05) is 24.4 Å². The van der Waals surface area contributed by atoms with Crippen molar-refractivity contribution in [1.82, 2.24) is 14.9 Å². The van der Waals surface area contributed by atoms with Gasteiger partial charge < -0.3 is 9.88 Å². The second kappa shape index (κ2) is 5.73. The maximum atomic E-state index is 12.5. The number of nitrogens with zero attached hydrogens (tertiary/aromatic N) is 2. The van der Waals surface area contributed by atoms with E-state index in [2.05, 4.69) is 9.97 Å². The van der Waals surface area contributed by atoms with Crippen molar-refractivity contribution >= 4 is 28.1 Å². The third kappa shape index (κ3) is 2.65. The van der Waals surface area contributed by atoms with Gasteiger partial charge in [-0.25, -0.2) is 4.98 Å². The highest BCUT2D eigenvalue weighted by molar-refractivity contribution is 7.09. The highest BCUT2D eigenvalue weighted by Crippen LogP contribution is 2.12. The number of hydrogen-bond donors (Lipinski definition) is 1. The Balaban J connectivity index is 1.91. The number of pyridine rings is 1. The lowest BCUT2D eigenvalue weighted by atomic mass is 10.1. The van der Waals surface area contributed by atoms with Gasteiger partial charge in [-0.1, -0.05) is 12.1 Å². The molecule has 2 aromatic heterocycles. The fourth-order valence-corrected chi connectivity index (χ4v) is 2.93. The number of carbonyl (C=O) groups is 1. The number of carbonyl (C=O) groups excluding carboxylic acids is 1. The van der Waals surface area contributed by atoms with Crippen molar-refractivity contribution in [3.05, 3.63) is 62.3 Å². The van der Waals surface area contributed by atoms with Crippen LogP contribution < -0.4 is 5.43 Å². The first-order valence-electron chi connectivity index (χ1n) is 6.83. The number of aromatic nitrogens is 2. The molecule has 0 saturated carbocycles. The standard InChI is InChI=1S/C16H15N3O2S/c1-10-18-11(9-22-10)8-19(2)16(21)13-7-17-14-6-4-3-5-12(14)15(13)20/h3-7,9H,8H2,1-2H3,(H,17,20). The van der Waals surface area contributed by atoms with Crippen molar-refractivity contribution in [3.63, 3.8) is 0 Å². The Morgan fingerprint density at radius 2 is 2.14 bits per heavy atom. The van der Waals surface area contributed by atoms with Crippen LogP contribution in [0.5, 0.6) is 0 Å². The topological polar surface area (TPSA) is 66.1 Å². The van der Waals surface area contributed by atoms with Gasteiger partial charge >= 0.3 is 0 Å². The number of benzene rings is 1. The summed E-state index contributed by atoms with van der Waals surface area (Å²) in [6.07, 6.45) is 1.48. The molecule has 3 aromatic rings. The predicted molar refractivity (Wildman–Crippen MR) is 87.2 cm³/mol. The average Bonchev–Trinajstić information content (AvgIpc) is 2.92. The van der Waals surface area contributed by atoms with E-state index in [-0.39, 0.29) is 16.9 Å². The van der Waals surface area contributed by atoms with Gasteiger partial charge in [0.25, 0.3) is 5.91 Å². The molecule has 0 unspecified atom stereocenters. The average molecular weight is 313 g/mol. The highest BCUT2D eigenvalue weighted by atomic mass is 32.1. The normalized spacial score (nSPS) is 10.8. The summed E-state index contributed by atoms with van der Waals surface area (Å²) in [6.45, 7) is 2.31. The van der Waals surface area contributed by atoms with Crippen LogP contribution in [0.2, 0.25) is 0 Å². The number of rotatable bonds is 3. The Morgan fingerprint density at radius 3 is 2.86 bits per heavy atom. The Kier molecular flexibility index (Phi) is 3.77. The third-order valence-corrected chi connectivity index (χ3v) is 4.25. The molecule has 0 spiro atoms. The minimum absolute atomic E-state index is 0.146. The van der Waals surface area contributed by atoms with Crippen molar-refractivity contribution in [3.8, 4) is 0 Å². The fraction of sp³-hybridized carbons (Fsp3) is 0.188. The molecule has 0 fully saturated rings. The summed E-state index contributed by atoms with van der Waals surface area (Å²) in [6, 6.07) is 7.16. The quantitative estimate of drug-likeness (QED) is 0.808. The number of aryl methyl sites for hydroxylation is 1. The molecule has 1 N–H and O–H groups in total. The summed E-state index contributed by atoms with van der Waals surface area (Å²) < 4.78 is 0. The Labute approximate surface area is 131 Å². The Bertz CT molecular complexity index is 898. The van der Waals surface area contributed by atoms with Crippen molar-refractivity contribution in [1.29, 1.82) is 0 Å². The molecule has 0 saturated heterocycles. The van der Waals surface area contributed by atoms with Crippen LogP contribution in [-0.4, -0.2) is 27.8 Å². The van der Waals surface area contributed by atoms with Crippen LogP contribution in [0.3, 0.4) is 0 Å². The number of H-pyrrole nitrogens is 1. The Hall–Kier alpha value is -2.47. The molecule has 22 heavy (non-hydrogen) atoms. The maximum absolute atomic E-state index is 12.5. The van der Waals surface area contributed by atoms with E-state index >= 15 is 0 Å². The molecule has 6 heteroatoms. The molecular weight excluding hydrogens is 298 g/mol. The zero-order chi connectivity index (χ0) is 15.7. The first-order valence-corrected chi connectivity index (χ1v) is 7.71. The lowest BCUT2D eigenvalue weighted by Crippen LogP contribution is -2.30. The van der Waals surface area contributed by atoms with E-state index in [4.69, 9.17) is 0 Å². The number of fused-ring (bicyclic) bond motifs is 1. The van der Waals surface area contributed by atoms with Gasteiger partial charge in [0.15, 0.2) is 0 Å². The maximum Gasteiger partial charge on any atom is 0.259 e. The fourth-order valence-electron chi connectivity index (χ4n) is 2.33. The SMILES string of the molecule is Cc1nc(CN(C)C(=O)c2c[nH]c3ccccc3c2=O)cs1. The summed E-state index contributed by atoms with van der Waals surface area (Å²) in [7, 11) is 1.67. The number of amides is 1. The lowest BCUT2D eigenvalue weighted by molar-refractivity contribution is 0.0782. The largest absolute Gasteiger partial charge is 0.360 e. The Morgan fingerprint density at radius 1 is 1.36 bits per heavy atom. The van der Waals surface area contributed by atoms with Gasteiger partial charge in [-0.2, -0.15) is 0 Å². The highest BCUT2D eigenvalue weighted by Gasteiger charge is 2.17. The first-order chi connectivity index (χ1) is 10.6. The van der Waals surface area contributed by atoms with Crippen LogP contribution in [0, 0.1) is 6.92 Å². The summed E-state index contributed by atoms with van der Waals surface area (Å²) in [4.78, 5) is 33.8. The van der Waals surface area contributed by atoms with Crippen LogP contribution >= 0.6 is 11.3 Å². The second-order valence-corrected chi connectivity index (χ2v) is 6.16. The molecule has 112 valence electrons. The monoisotopic (exact) mass is 313 g/mol.